The van der Waals surface area contributed by atoms with E-state index in [2.05, 4.69) is 10.3 Å². The van der Waals surface area contributed by atoms with E-state index in [0.29, 0.717) is 5.69 Å². The van der Waals surface area contributed by atoms with Crippen molar-refractivity contribution in [1.29, 1.82) is 0 Å². The molecule has 1 aromatic rings. The van der Waals surface area contributed by atoms with Crippen molar-refractivity contribution in [3.63, 3.8) is 0 Å². The molecule has 0 radical (unpaired) electrons. The summed E-state index contributed by atoms with van der Waals surface area (Å²) in [5, 5.41) is 10.0. The lowest BCUT2D eigenvalue weighted by atomic mass is 10.3. The quantitative estimate of drug-likeness (QED) is 0.561. The summed E-state index contributed by atoms with van der Waals surface area (Å²) in [4.78, 5) is 0. The van der Waals surface area contributed by atoms with E-state index >= 15 is 0 Å². The van der Waals surface area contributed by atoms with Crippen LogP contribution < -0.4 is 0 Å². The van der Waals surface area contributed by atoms with Crippen LogP contribution in [0.4, 0.5) is 10.1 Å². The molecule has 0 unspecified atom stereocenters. The number of benzene rings is 1. The summed E-state index contributed by atoms with van der Waals surface area (Å²) < 4.78 is 12.9. The highest BCUT2D eigenvalue weighted by Crippen LogP contribution is 2.15. The van der Waals surface area contributed by atoms with E-state index in [4.69, 9.17) is 0 Å². The summed E-state index contributed by atoms with van der Waals surface area (Å²) in [5.41, 5.74) is 0.534. The Bertz CT molecular complexity index is 353. The number of hydrogen-bond donors (Lipinski definition) is 0. The average Bonchev–Trinajstić information content (AvgIpc) is 2.16. The molecule has 0 aliphatic rings. The Morgan fingerprint density at radius 1 is 1.12 bits per heavy atom. The molecule has 4 heteroatoms. The van der Waals surface area contributed by atoms with Gasteiger partial charge in [0.05, 0.1) is 5.69 Å². The normalized spacial score (nSPS) is 11.7. The van der Waals surface area contributed by atoms with Gasteiger partial charge in [-0.3, -0.25) is 5.01 Å². The van der Waals surface area contributed by atoms with Crippen LogP contribution in [0.25, 0.3) is 0 Å². The van der Waals surface area contributed by atoms with Crippen LogP contribution in [-0.2, 0) is 0 Å². The Morgan fingerprint density at radius 2 is 1.75 bits per heavy atom. The molecular weight excluding hydrogens is 205 g/mol. The second-order valence-electron chi connectivity index (χ2n) is 4.24. The first-order valence-electron chi connectivity index (χ1n) is 5.46. The molecule has 3 nitrogen and oxygen atoms in total. The molecule has 0 spiro atoms. The van der Waals surface area contributed by atoms with E-state index in [9.17, 15) is 4.39 Å². The number of halogens is 1. The van der Waals surface area contributed by atoms with Gasteiger partial charge in [0.15, 0.2) is 0 Å². The summed E-state index contributed by atoms with van der Waals surface area (Å²) in [6, 6.07) is 6.66. The fourth-order valence-corrected chi connectivity index (χ4v) is 1.44. The third-order valence-electron chi connectivity index (χ3n) is 2.13. The van der Waals surface area contributed by atoms with E-state index in [0.717, 1.165) is 0 Å². The molecule has 0 aromatic heterocycles. The Hall–Kier alpha value is -1.45. The second-order valence-corrected chi connectivity index (χ2v) is 4.24. The molecule has 0 heterocycles. The van der Waals surface area contributed by atoms with Gasteiger partial charge in [-0.15, -0.1) is 5.11 Å². The largest absolute Gasteiger partial charge is 0.273 e. The lowest BCUT2D eigenvalue weighted by molar-refractivity contribution is 0.169. The zero-order valence-electron chi connectivity index (χ0n) is 10.2. The molecule has 0 aliphatic carbocycles. The van der Waals surface area contributed by atoms with Crippen LogP contribution in [0.1, 0.15) is 27.7 Å². The van der Waals surface area contributed by atoms with Crippen molar-refractivity contribution in [2.75, 3.05) is 0 Å². The zero-order valence-corrected chi connectivity index (χ0v) is 10.2. The smallest absolute Gasteiger partial charge is 0.125 e. The lowest BCUT2D eigenvalue weighted by Crippen LogP contribution is -2.31. The molecule has 0 saturated carbocycles. The minimum Gasteiger partial charge on any atom is -0.273 e. The molecule has 0 N–H and O–H groups in total. The highest BCUT2D eigenvalue weighted by molar-refractivity contribution is 5.35. The van der Waals surface area contributed by atoms with Gasteiger partial charge in [0.2, 0.25) is 0 Å². The summed E-state index contributed by atoms with van der Waals surface area (Å²) in [6.45, 7) is 8.18. The second kappa shape index (κ2) is 5.58. The predicted octanol–water partition coefficient (Wildman–Crippen LogP) is 3.94. The van der Waals surface area contributed by atoms with E-state index in [-0.39, 0.29) is 17.9 Å². The first-order valence-corrected chi connectivity index (χ1v) is 5.46. The summed E-state index contributed by atoms with van der Waals surface area (Å²) in [7, 11) is 0. The van der Waals surface area contributed by atoms with Gasteiger partial charge in [-0.2, -0.15) is 0 Å². The number of rotatable bonds is 4. The van der Waals surface area contributed by atoms with Crippen molar-refractivity contribution in [1.82, 2.24) is 5.01 Å². The Kier molecular flexibility index (Phi) is 4.40. The average molecular weight is 223 g/mol. The first-order chi connectivity index (χ1) is 7.50. The van der Waals surface area contributed by atoms with Crippen molar-refractivity contribution in [2.45, 2.75) is 39.8 Å². The summed E-state index contributed by atoms with van der Waals surface area (Å²) in [6.07, 6.45) is 0. The van der Waals surface area contributed by atoms with Gasteiger partial charge in [0.1, 0.15) is 5.82 Å². The lowest BCUT2D eigenvalue weighted by Gasteiger charge is -2.25. The Morgan fingerprint density at radius 3 is 2.25 bits per heavy atom. The van der Waals surface area contributed by atoms with Crippen LogP contribution >= 0.6 is 0 Å². The first kappa shape index (κ1) is 12.6. The van der Waals surface area contributed by atoms with E-state index < -0.39 is 0 Å². The highest BCUT2D eigenvalue weighted by atomic mass is 19.1. The molecular formula is C12H18FN3. The molecule has 88 valence electrons. The molecule has 0 fully saturated rings. The topological polar surface area (TPSA) is 28.0 Å². The standard InChI is InChI=1S/C12H18FN3/c1-9(2)16(10(3)4)15-14-12-7-5-6-11(13)8-12/h5-10H,1-4H3. The molecule has 16 heavy (non-hydrogen) atoms. The van der Waals surface area contributed by atoms with Crippen LogP contribution in [-0.4, -0.2) is 17.1 Å². The fraction of sp³-hybridized carbons (Fsp3) is 0.500. The fourth-order valence-electron chi connectivity index (χ4n) is 1.44. The monoisotopic (exact) mass is 223 g/mol. The molecule has 0 aliphatic heterocycles. The van der Waals surface area contributed by atoms with Gasteiger partial charge in [0.25, 0.3) is 0 Å². The van der Waals surface area contributed by atoms with Crippen LogP contribution in [0, 0.1) is 5.82 Å². The Labute approximate surface area is 96.0 Å². The molecule has 1 rings (SSSR count). The van der Waals surface area contributed by atoms with E-state index in [1.807, 2.05) is 32.7 Å². The van der Waals surface area contributed by atoms with Crippen LogP contribution in [0.5, 0.6) is 0 Å². The van der Waals surface area contributed by atoms with Crippen molar-refractivity contribution < 1.29 is 4.39 Å². The van der Waals surface area contributed by atoms with E-state index in [1.54, 1.807) is 12.1 Å². The maximum atomic E-state index is 12.9. The van der Waals surface area contributed by atoms with Gasteiger partial charge < -0.3 is 0 Å². The maximum Gasteiger partial charge on any atom is 0.125 e. The van der Waals surface area contributed by atoms with E-state index in [1.165, 1.54) is 12.1 Å². The molecule has 0 amide bonds. The zero-order chi connectivity index (χ0) is 12.1. The van der Waals surface area contributed by atoms with Crippen molar-refractivity contribution >= 4 is 5.69 Å². The highest BCUT2D eigenvalue weighted by Gasteiger charge is 2.10. The van der Waals surface area contributed by atoms with Crippen molar-refractivity contribution in [2.24, 2.45) is 10.3 Å². The van der Waals surface area contributed by atoms with Crippen molar-refractivity contribution in [3.05, 3.63) is 30.1 Å². The van der Waals surface area contributed by atoms with Gasteiger partial charge in [-0.05, 0) is 39.8 Å². The molecule has 0 atom stereocenters. The summed E-state index contributed by atoms with van der Waals surface area (Å²) in [5.74, 6) is -0.294. The van der Waals surface area contributed by atoms with Gasteiger partial charge >= 0.3 is 0 Å². The molecule has 1 aromatic carbocycles. The third-order valence-corrected chi connectivity index (χ3v) is 2.13. The molecule has 0 saturated heterocycles. The SMILES string of the molecule is CC(C)N(N=Nc1cccc(F)c1)C(C)C. The Balaban J connectivity index is 2.78. The molecule has 0 bridgehead atoms. The number of nitrogens with zero attached hydrogens (tertiary/aromatic N) is 3. The van der Waals surface area contributed by atoms with Gasteiger partial charge in [0, 0.05) is 18.2 Å². The van der Waals surface area contributed by atoms with Crippen LogP contribution in [0.2, 0.25) is 0 Å². The minimum absolute atomic E-state index is 0.275. The van der Waals surface area contributed by atoms with Crippen LogP contribution in [0.15, 0.2) is 34.6 Å². The van der Waals surface area contributed by atoms with Crippen molar-refractivity contribution in [3.8, 4) is 0 Å². The third kappa shape index (κ3) is 3.61. The minimum atomic E-state index is -0.294. The summed E-state index contributed by atoms with van der Waals surface area (Å²) >= 11 is 0. The predicted molar refractivity (Wildman–Crippen MR) is 63.0 cm³/mol. The van der Waals surface area contributed by atoms with Crippen LogP contribution in [0.3, 0.4) is 0 Å². The number of hydrogen-bond acceptors (Lipinski definition) is 2. The van der Waals surface area contributed by atoms with Gasteiger partial charge in [-0.1, -0.05) is 11.3 Å². The maximum absolute atomic E-state index is 12.9. The van der Waals surface area contributed by atoms with Gasteiger partial charge in [-0.25, -0.2) is 4.39 Å².